The van der Waals surface area contributed by atoms with Crippen molar-refractivity contribution in [3.8, 4) is 6.07 Å². The van der Waals surface area contributed by atoms with Gasteiger partial charge in [-0.15, -0.1) is 6.58 Å². The maximum Gasteiger partial charge on any atom is 0.0693 e. The lowest BCUT2D eigenvalue weighted by atomic mass is 9.70. The first kappa shape index (κ1) is 11.9. The summed E-state index contributed by atoms with van der Waals surface area (Å²) < 4.78 is 0. The van der Waals surface area contributed by atoms with Crippen LogP contribution in [0.15, 0.2) is 36.9 Å². The van der Waals surface area contributed by atoms with Gasteiger partial charge in [0.15, 0.2) is 0 Å². The van der Waals surface area contributed by atoms with Crippen molar-refractivity contribution in [2.45, 2.75) is 38.5 Å². The van der Waals surface area contributed by atoms with Crippen molar-refractivity contribution in [3.05, 3.63) is 48.0 Å². The van der Waals surface area contributed by atoms with Crippen molar-refractivity contribution >= 4 is 0 Å². The molecule has 1 aromatic rings. The highest BCUT2D eigenvalue weighted by molar-refractivity contribution is 5.32. The molecule has 1 unspecified atom stereocenters. The molecule has 0 N–H and O–H groups in total. The van der Waals surface area contributed by atoms with Crippen LogP contribution < -0.4 is 0 Å². The van der Waals surface area contributed by atoms with Gasteiger partial charge < -0.3 is 0 Å². The van der Waals surface area contributed by atoms with Crippen LogP contribution in [-0.4, -0.2) is 0 Å². The molecule has 0 radical (unpaired) electrons. The van der Waals surface area contributed by atoms with E-state index in [0.29, 0.717) is 0 Å². The SMILES string of the molecule is C=CCCCC1(C#N)CCc2ccccc2C1. The number of nitrogens with zero attached hydrogens (tertiary/aromatic N) is 1. The summed E-state index contributed by atoms with van der Waals surface area (Å²) in [5.41, 5.74) is 2.68. The summed E-state index contributed by atoms with van der Waals surface area (Å²) in [4.78, 5) is 0. The summed E-state index contributed by atoms with van der Waals surface area (Å²) >= 11 is 0. The summed E-state index contributed by atoms with van der Waals surface area (Å²) in [6.45, 7) is 3.74. The molecule has 0 saturated heterocycles. The predicted octanol–water partition coefficient (Wildman–Crippen LogP) is 4.04. The molecular weight excluding hydrogens is 206 g/mol. The zero-order chi connectivity index (χ0) is 12.1. The Bertz CT molecular complexity index is 441. The van der Waals surface area contributed by atoms with E-state index in [4.69, 9.17) is 0 Å². The Kier molecular flexibility index (Phi) is 3.64. The number of aryl methyl sites for hydroxylation is 1. The number of nitriles is 1. The van der Waals surface area contributed by atoms with E-state index in [-0.39, 0.29) is 5.41 Å². The molecule has 1 aliphatic rings. The monoisotopic (exact) mass is 225 g/mol. The summed E-state index contributed by atoms with van der Waals surface area (Å²) in [6, 6.07) is 11.1. The van der Waals surface area contributed by atoms with Crippen LogP contribution in [0.25, 0.3) is 0 Å². The fourth-order valence-electron chi connectivity index (χ4n) is 2.75. The number of fused-ring (bicyclic) bond motifs is 1. The maximum absolute atomic E-state index is 9.49. The predicted molar refractivity (Wildman–Crippen MR) is 70.6 cm³/mol. The number of allylic oxidation sites excluding steroid dienone is 1. The average molecular weight is 225 g/mol. The Morgan fingerprint density at radius 2 is 2.12 bits per heavy atom. The quantitative estimate of drug-likeness (QED) is 0.560. The van der Waals surface area contributed by atoms with Gasteiger partial charge >= 0.3 is 0 Å². The molecule has 0 bridgehead atoms. The normalized spacial score (nSPS) is 22.5. The molecule has 1 nitrogen and oxygen atoms in total. The Hall–Kier alpha value is -1.55. The minimum absolute atomic E-state index is 0.128. The van der Waals surface area contributed by atoms with Crippen LogP contribution in [-0.2, 0) is 12.8 Å². The third kappa shape index (κ3) is 2.58. The zero-order valence-electron chi connectivity index (χ0n) is 10.3. The molecule has 88 valence electrons. The molecule has 2 rings (SSSR count). The minimum atomic E-state index is -0.128. The van der Waals surface area contributed by atoms with Crippen molar-refractivity contribution in [1.82, 2.24) is 0 Å². The van der Waals surface area contributed by atoms with Crippen LogP contribution in [0.1, 0.15) is 36.8 Å². The first-order chi connectivity index (χ1) is 8.29. The van der Waals surface area contributed by atoms with Crippen molar-refractivity contribution in [2.24, 2.45) is 5.41 Å². The van der Waals surface area contributed by atoms with Crippen molar-refractivity contribution in [1.29, 1.82) is 5.26 Å². The summed E-state index contributed by atoms with van der Waals surface area (Å²) in [6.07, 6.45) is 8.04. The average Bonchev–Trinajstić information content (AvgIpc) is 2.39. The van der Waals surface area contributed by atoms with Crippen LogP contribution >= 0.6 is 0 Å². The first-order valence-electron chi connectivity index (χ1n) is 6.39. The third-order valence-corrected chi connectivity index (χ3v) is 3.82. The molecule has 0 fully saturated rings. The van der Waals surface area contributed by atoms with Crippen LogP contribution in [0.2, 0.25) is 0 Å². The van der Waals surface area contributed by atoms with Gasteiger partial charge in [-0.1, -0.05) is 30.3 Å². The van der Waals surface area contributed by atoms with Crippen molar-refractivity contribution in [3.63, 3.8) is 0 Å². The Morgan fingerprint density at radius 1 is 1.35 bits per heavy atom. The number of unbranched alkanes of at least 4 members (excludes halogenated alkanes) is 1. The van der Waals surface area contributed by atoms with Gasteiger partial charge in [0.25, 0.3) is 0 Å². The molecule has 0 heterocycles. The molecule has 1 heteroatoms. The highest BCUT2D eigenvalue weighted by Crippen LogP contribution is 2.38. The van der Waals surface area contributed by atoms with Crippen molar-refractivity contribution < 1.29 is 0 Å². The van der Waals surface area contributed by atoms with Crippen LogP contribution in [0.3, 0.4) is 0 Å². The van der Waals surface area contributed by atoms with E-state index in [1.807, 2.05) is 6.08 Å². The molecule has 0 saturated carbocycles. The van der Waals surface area contributed by atoms with E-state index in [1.165, 1.54) is 11.1 Å². The van der Waals surface area contributed by atoms with Gasteiger partial charge in [-0.05, 0) is 49.7 Å². The van der Waals surface area contributed by atoms with Gasteiger partial charge in [-0.2, -0.15) is 5.26 Å². The Balaban J connectivity index is 2.12. The highest BCUT2D eigenvalue weighted by atomic mass is 14.4. The highest BCUT2D eigenvalue weighted by Gasteiger charge is 2.33. The van der Waals surface area contributed by atoms with E-state index in [2.05, 4.69) is 36.9 Å². The smallest absolute Gasteiger partial charge is 0.0693 e. The standard InChI is InChI=1S/C16H19N/c1-2-3-6-10-16(13-17)11-9-14-7-4-5-8-15(14)12-16/h2,4-5,7-8H,1,3,6,9-12H2. The lowest BCUT2D eigenvalue weighted by Gasteiger charge is -2.32. The number of hydrogen-bond acceptors (Lipinski definition) is 1. The third-order valence-electron chi connectivity index (χ3n) is 3.82. The van der Waals surface area contributed by atoms with Gasteiger partial charge in [0.2, 0.25) is 0 Å². The van der Waals surface area contributed by atoms with Gasteiger partial charge in [-0.25, -0.2) is 0 Å². The number of benzene rings is 1. The lowest BCUT2D eigenvalue weighted by Crippen LogP contribution is -2.27. The summed E-state index contributed by atoms with van der Waals surface area (Å²) in [5, 5.41) is 9.49. The fraction of sp³-hybridized carbons (Fsp3) is 0.438. The zero-order valence-corrected chi connectivity index (χ0v) is 10.3. The maximum atomic E-state index is 9.49. The van der Waals surface area contributed by atoms with Crippen LogP contribution in [0, 0.1) is 16.7 Å². The fourth-order valence-corrected chi connectivity index (χ4v) is 2.75. The van der Waals surface area contributed by atoms with Gasteiger partial charge in [0.05, 0.1) is 11.5 Å². The Labute approximate surface area is 104 Å². The first-order valence-corrected chi connectivity index (χ1v) is 6.39. The molecule has 0 aliphatic heterocycles. The summed E-state index contributed by atoms with van der Waals surface area (Å²) in [5.74, 6) is 0. The van der Waals surface area contributed by atoms with Crippen LogP contribution in [0.4, 0.5) is 0 Å². The van der Waals surface area contributed by atoms with E-state index in [0.717, 1.165) is 38.5 Å². The Morgan fingerprint density at radius 3 is 2.82 bits per heavy atom. The van der Waals surface area contributed by atoms with Crippen LogP contribution in [0.5, 0.6) is 0 Å². The molecule has 0 amide bonds. The second kappa shape index (κ2) is 5.19. The number of hydrogen-bond donors (Lipinski definition) is 0. The minimum Gasteiger partial charge on any atom is -0.198 e. The lowest BCUT2D eigenvalue weighted by molar-refractivity contribution is 0.309. The molecule has 0 aromatic heterocycles. The second-order valence-corrected chi connectivity index (χ2v) is 5.02. The molecule has 0 spiro atoms. The second-order valence-electron chi connectivity index (χ2n) is 5.02. The topological polar surface area (TPSA) is 23.8 Å². The number of rotatable bonds is 4. The van der Waals surface area contributed by atoms with E-state index < -0.39 is 0 Å². The van der Waals surface area contributed by atoms with E-state index in [1.54, 1.807) is 0 Å². The largest absolute Gasteiger partial charge is 0.198 e. The molecule has 1 atom stereocenters. The van der Waals surface area contributed by atoms with Gasteiger partial charge in [0, 0.05) is 0 Å². The van der Waals surface area contributed by atoms with Gasteiger partial charge in [-0.3, -0.25) is 0 Å². The van der Waals surface area contributed by atoms with E-state index in [9.17, 15) is 5.26 Å². The molecule has 17 heavy (non-hydrogen) atoms. The van der Waals surface area contributed by atoms with Crippen molar-refractivity contribution in [2.75, 3.05) is 0 Å². The molecule has 1 aliphatic carbocycles. The van der Waals surface area contributed by atoms with Gasteiger partial charge in [0.1, 0.15) is 0 Å². The molecule has 1 aromatic carbocycles. The molecular formula is C16H19N. The van der Waals surface area contributed by atoms with E-state index >= 15 is 0 Å². The summed E-state index contributed by atoms with van der Waals surface area (Å²) in [7, 11) is 0.